The average Bonchev–Trinajstić information content (AvgIpc) is 3.26. The number of aromatic nitrogens is 3. The van der Waals surface area contributed by atoms with Crippen molar-refractivity contribution >= 4 is 0 Å². The second kappa shape index (κ2) is 6.11. The average molecular weight is 299 g/mol. The minimum atomic E-state index is 0.130. The summed E-state index contributed by atoms with van der Waals surface area (Å²) >= 11 is 0. The van der Waals surface area contributed by atoms with Crippen LogP contribution in [0.2, 0.25) is 0 Å². The fourth-order valence-electron chi connectivity index (χ4n) is 2.91. The van der Waals surface area contributed by atoms with Gasteiger partial charge >= 0.3 is 0 Å². The molecule has 2 heterocycles. The molecule has 0 saturated heterocycles. The fourth-order valence-corrected chi connectivity index (χ4v) is 2.91. The van der Waals surface area contributed by atoms with Crippen LogP contribution in [-0.4, -0.2) is 14.3 Å². The van der Waals surface area contributed by atoms with E-state index in [4.69, 9.17) is 5.10 Å². The highest BCUT2D eigenvalue weighted by Gasteiger charge is 2.26. The van der Waals surface area contributed by atoms with Crippen molar-refractivity contribution in [3.05, 3.63) is 51.7 Å². The largest absolute Gasteiger partial charge is 0.313 e. The van der Waals surface area contributed by atoms with Crippen molar-refractivity contribution in [1.29, 1.82) is 0 Å². The van der Waals surface area contributed by atoms with Gasteiger partial charge in [-0.25, -0.2) is 0 Å². The number of pyridine rings is 1. The number of hydrogen-bond acceptors (Lipinski definition) is 2. The molecule has 0 aliphatic heterocycles. The van der Waals surface area contributed by atoms with Crippen molar-refractivity contribution in [3.8, 4) is 0 Å². The van der Waals surface area contributed by atoms with E-state index in [1.807, 2.05) is 22.9 Å². The van der Waals surface area contributed by atoms with E-state index in [1.165, 1.54) is 24.2 Å². The van der Waals surface area contributed by atoms with Crippen molar-refractivity contribution in [1.82, 2.24) is 14.3 Å². The van der Waals surface area contributed by atoms with E-state index in [0.717, 1.165) is 18.5 Å². The molecule has 22 heavy (non-hydrogen) atoms. The van der Waals surface area contributed by atoms with Crippen LogP contribution in [0.3, 0.4) is 0 Å². The molecule has 0 spiro atoms. The summed E-state index contributed by atoms with van der Waals surface area (Å²) in [5.74, 6) is 0.941. The third-order valence-corrected chi connectivity index (χ3v) is 4.46. The Labute approximate surface area is 131 Å². The van der Waals surface area contributed by atoms with Crippen molar-refractivity contribution in [2.45, 2.75) is 65.0 Å². The molecule has 0 radical (unpaired) electrons. The summed E-state index contributed by atoms with van der Waals surface area (Å²) in [6, 6.07) is 6.14. The predicted octanol–water partition coefficient (Wildman–Crippen LogP) is 3.31. The lowest BCUT2D eigenvalue weighted by Crippen LogP contribution is -2.26. The Balaban J connectivity index is 1.78. The van der Waals surface area contributed by atoms with Gasteiger partial charge in [-0.3, -0.25) is 9.48 Å². The highest BCUT2D eigenvalue weighted by atomic mass is 16.1. The normalized spacial score (nSPS) is 14.7. The molecule has 1 aliphatic rings. The third kappa shape index (κ3) is 3.01. The molecule has 0 amide bonds. The Hall–Kier alpha value is -1.84. The van der Waals surface area contributed by atoms with E-state index < -0.39 is 0 Å². The van der Waals surface area contributed by atoms with Gasteiger partial charge in [0.15, 0.2) is 0 Å². The summed E-state index contributed by atoms with van der Waals surface area (Å²) < 4.78 is 3.90. The molecule has 0 atom stereocenters. The Bertz CT molecular complexity index is 707. The molecule has 1 saturated carbocycles. The second-order valence-corrected chi connectivity index (χ2v) is 6.53. The van der Waals surface area contributed by atoms with E-state index >= 15 is 0 Å². The molecule has 2 aromatic heterocycles. The minimum absolute atomic E-state index is 0.130. The second-order valence-electron chi connectivity index (χ2n) is 6.53. The maximum Gasteiger partial charge on any atom is 0.254 e. The summed E-state index contributed by atoms with van der Waals surface area (Å²) in [6.45, 7) is 7.72. The zero-order valence-corrected chi connectivity index (χ0v) is 13.7. The van der Waals surface area contributed by atoms with Crippen LogP contribution in [0.1, 0.15) is 62.4 Å². The van der Waals surface area contributed by atoms with Crippen LogP contribution in [0.5, 0.6) is 0 Å². The van der Waals surface area contributed by atoms with Crippen LogP contribution >= 0.6 is 0 Å². The highest BCUT2D eigenvalue weighted by Crippen LogP contribution is 2.39. The molecule has 118 valence electrons. The summed E-state index contributed by atoms with van der Waals surface area (Å²) in [6.07, 6.45) is 5.41. The molecule has 0 bridgehead atoms. The van der Waals surface area contributed by atoms with Crippen LogP contribution < -0.4 is 5.56 Å². The molecule has 4 heteroatoms. The van der Waals surface area contributed by atoms with Crippen LogP contribution in [0.15, 0.2) is 29.2 Å². The van der Waals surface area contributed by atoms with Gasteiger partial charge in [0.2, 0.25) is 0 Å². The Morgan fingerprint density at radius 2 is 2.09 bits per heavy atom. The fraction of sp³-hybridized carbons (Fsp3) is 0.556. The molecular formula is C18H25N3O. The third-order valence-electron chi connectivity index (χ3n) is 4.46. The SMILES string of the molecule is CCc1cc(C2CC2)nn1CCn1cccc(C(C)C)c1=O. The van der Waals surface area contributed by atoms with Crippen molar-refractivity contribution in [3.63, 3.8) is 0 Å². The molecule has 4 nitrogen and oxygen atoms in total. The molecule has 1 aliphatic carbocycles. The van der Waals surface area contributed by atoms with E-state index in [1.54, 1.807) is 0 Å². The monoisotopic (exact) mass is 299 g/mol. The van der Waals surface area contributed by atoms with Crippen molar-refractivity contribution in [2.24, 2.45) is 0 Å². The predicted molar refractivity (Wildman–Crippen MR) is 88.4 cm³/mol. The molecule has 0 unspecified atom stereocenters. The Kier molecular flexibility index (Phi) is 4.19. The van der Waals surface area contributed by atoms with E-state index in [2.05, 4.69) is 31.5 Å². The minimum Gasteiger partial charge on any atom is -0.313 e. The van der Waals surface area contributed by atoms with Crippen LogP contribution in [0.4, 0.5) is 0 Å². The summed E-state index contributed by atoms with van der Waals surface area (Å²) in [4.78, 5) is 12.4. The number of hydrogen-bond donors (Lipinski definition) is 0. The maximum absolute atomic E-state index is 12.4. The van der Waals surface area contributed by atoms with Crippen molar-refractivity contribution < 1.29 is 0 Å². The number of rotatable bonds is 6. The Morgan fingerprint density at radius 3 is 2.73 bits per heavy atom. The highest BCUT2D eigenvalue weighted by molar-refractivity contribution is 5.19. The number of aryl methyl sites for hydroxylation is 3. The Morgan fingerprint density at radius 1 is 1.32 bits per heavy atom. The lowest BCUT2D eigenvalue weighted by Gasteiger charge is -2.11. The lowest BCUT2D eigenvalue weighted by molar-refractivity contribution is 0.503. The van der Waals surface area contributed by atoms with E-state index in [-0.39, 0.29) is 11.5 Å². The van der Waals surface area contributed by atoms with Crippen LogP contribution in [-0.2, 0) is 19.5 Å². The van der Waals surface area contributed by atoms with Gasteiger partial charge in [-0.2, -0.15) is 5.10 Å². The van der Waals surface area contributed by atoms with Gasteiger partial charge in [0.1, 0.15) is 0 Å². The van der Waals surface area contributed by atoms with Gasteiger partial charge in [0.05, 0.1) is 12.2 Å². The summed E-state index contributed by atoms with van der Waals surface area (Å²) in [5.41, 5.74) is 3.53. The first-order valence-electron chi connectivity index (χ1n) is 8.36. The first kappa shape index (κ1) is 15.1. The van der Waals surface area contributed by atoms with Gasteiger partial charge < -0.3 is 4.57 Å². The molecule has 0 N–H and O–H groups in total. The molecule has 0 aromatic carbocycles. The van der Waals surface area contributed by atoms with Crippen LogP contribution in [0.25, 0.3) is 0 Å². The van der Waals surface area contributed by atoms with E-state index in [0.29, 0.717) is 12.5 Å². The summed E-state index contributed by atoms with van der Waals surface area (Å²) in [7, 11) is 0. The molecular weight excluding hydrogens is 274 g/mol. The topological polar surface area (TPSA) is 39.8 Å². The zero-order valence-electron chi connectivity index (χ0n) is 13.7. The lowest BCUT2D eigenvalue weighted by atomic mass is 10.1. The maximum atomic E-state index is 12.4. The molecule has 2 aromatic rings. The first-order chi connectivity index (χ1) is 10.6. The summed E-state index contributed by atoms with van der Waals surface area (Å²) in [5, 5.41) is 4.75. The quantitative estimate of drug-likeness (QED) is 0.821. The smallest absolute Gasteiger partial charge is 0.254 e. The van der Waals surface area contributed by atoms with Gasteiger partial charge in [0, 0.05) is 29.9 Å². The zero-order chi connectivity index (χ0) is 15.7. The van der Waals surface area contributed by atoms with E-state index in [9.17, 15) is 4.79 Å². The van der Waals surface area contributed by atoms with Gasteiger partial charge in [0.25, 0.3) is 5.56 Å². The van der Waals surface area contributed by atoms with Crippen LogP contribution in [0, 0.1) is 0 Å². The van der Waals surface area contributed by atoms with Gasteiger partial charge in [-0.05, 0) is 37.3 Å². The first-order valence-corrected chi connectivity index (χ1v) is 8.36. The molecule has 1 fully saturated rings. The number of nitrogens with zero attached hydrogens (tertiary/aromatic N) is 3. The standard InChI is InChI=1S/C18H25N3O/c1-4-15-12-17(14-7-8-14)19-21(15)11-10-20-9-5-6-16(13(2)3)18(20)22/h5-6,9,12-14H,4,7-8,10-11H2,1-3H3. The van der Waals surface area contributed by atoms with Crippen molar-refractivity contribution in [2.75, 3.05) is 0 Å². The molecule has 3 rings (SSSR count). The van der Waals surface area contributed by atoms with Gasteiger partial charge in [-0.1, -0.05) is 26.8 Å². The van der Waals surface area contributed by atoms with Gasteiger partial charge in [-0.15, -0.1) is 0 Å².